The molecule has 0 atom stereocenters. The van der Waals surface area contributed by atoms with Crippen molar-refractivity contribution in [2.75, 3.05) is 0 Å². The van der Waals surface area contributed by atoms with E-state index < -0.39 is 29.7 Å². The topological polar surface area (TPSA) is 130 Å². The number of ether oxygens (including phenoxy) is 1. The lowest BCUT2D eigenvalue weighted by molar-refractivity contribution is -0.125. The number of carbonyl (C=O) groups excluding carboxylic acids is 2. The summed E-state index contributed by atoms with van der Waals surface area (Å²) in [4.78, 5) is 26.6. The summed E-state index contributed by atoms with van der Waals surface area (Å²) in [6.07, 6.45) is 2.99. The van der Waals surface area contributed by atoms with Crippen LogP contribution in [0.2, 0.25) is 18.1 Å². The van der Waals surface area contributed by atoms with Crippen molar-refractivity contribution in [2.24, 2.45) is 5.41 Å². The maximum atomic E-state index is 14.1. The zero-order valence-electron chi connectivity index (χ0n) is 25.3. The molecule has 2 aromatic heterocycles. The lowest BCUT2D eigenvalue weighted by atomic mass is 10.1. The number of nitrogens with one attached hydrogen (secondary N) is 1. The number of carbonyl (C=O) groups is 2. The van der Waals surface area contributed by atoms with E-state index >= 15 is 0 Å². The minimum atomic E-state index is -4.10. The van der Waals surface area contributed by atoms with Crippen LogP contribution in [0.15, 0.2) is 70.3 Å². The Hall–Kier alpha value is -3.90. The summed E-state index contributed by atoms with van der Waals surface area (Å²) in [6.45, 7) is 11.9. The average molecular weight is 624 g/mol. The molecule has 1 fully saturated rings. The molecule has 228 valence electrons. The molecule has 4 aromatic rings. The van der Waals surface area contributed by atoms with Crippen molar-refractivity contribution in [3.8, 4) is 5.75 Å². The van der Waals surface area contributed by atoms with Crippen molar-refractivity contribution in [3.63, 3.8) is 0 Å². The molecule has 1 saturated carbocycles. The standard InChI is InChI=1S/C31H37N3O7SSi/c1-30(2,3)43(5,6)41-28(35)25-17-21-16-23(19-32-29(36)31(4)13-14-31)34(42(37,38)24-10-8-7-9-11-24)26(21)18-27(25)39-20-22-12-15-40-33-22/h7-12,15-18H,13-14,19-20H2,1-6H3,(H,32,36). The van der Waals surface area contributed by atoms with E-state index in [-0.39, 0.29) is 40.3 Å². The van der Waals surface area contributed by atoms with Gasteiger partial charge in [-0.1, -0.05) is 51.1 Å². The molecule has 2 heterocycles. The Labute approximate surface area is 252 Å². The number of amides is 1. The van der Waals surface area contributed by atoms with E-state index in [1.165, 1.54) is 28.4 Å². The SMILES string of the molecule is CC1(C(=O)NCc2cc3cc(C(=O)O[Si](C)(C)C(C)(C)C)c(OCc4ccon4)cc3n2S(=O)(=O)c2ccccc2)CC1. The van der Waals surface area contributed by atoms with Gasteiger partial charge in [-0.2, -0.15) is 0 Å². The van der Waals surface area contributed by atoms with Crippen molar-refractivity contribution in [2.45, 2.75) is 76.7 Å². The highest BCUT2D eigenvalue weighted by molar-refractivity contribution is 7.90. The molecule has 10 nitrogen and oxygen atoms in total. The van der Waals surface area contributed by atoms with Gasteiger partial charge in [-0.25, -0.2) is 17.2 Å². The predicted molar refractivity (Wildman–Crippen MR) is 164 cm³/mol. The third-order valence-electron chi connectivity index (χ3n) is 8.43. The molecule has 12 heteroatoms. The van der Waals surface area contributed by atoms with E-state index in [9.17, 15) is 18.0 Å². The number of nitrogens with zero attached hydrogens (tertiary/aromatic N) is 2. The van der Waals surface area contributed by atoms with Crippen LogP contribution in [0, 0.1) is 5.41 Å². The Morgan fingerprint density at radius 3 is 2.40 bits per heavy atom. The first-order chi connectivity index (χ1) is 20.1. The van der Waals surface area contributed by atoms with Crippen molar-refractivity contribution < 1.29 is 31.7 Å². The Morgan fingerprint density at radius 1 is 1.09 bits per heavy atom. The largest absolute Gasteiger partial charge is 0.516 e. The molecule has 1 amide bonds. The molecule has 0 bridgehead atoms. The van der Waals surface area contributed by atoms with Gasteiger partial charge in [-0.15, -0.1) is 0 Å². The van der Waals surface area contributed by atoms with Crippen molar-refractivity contribution in [3.05, 3.63) is 77.8 Å². The van der Waals surface area contributed by atoms with Gasteiger partial charge in [0.1, 0.15) is 29.9 Å². The zero-order valence-corrected chi connectivity index (χ0v) is 27.1. The number of aromatic nitrogens is 2. The van der Waals surface area contributed by atoms with E-state index in [2.05, 4.69) is 10.5 Å². The van der Waals surface area contributed by atoms with Crippen molar-refractivity contribution >= 4 is 41.1 Å². The second kappa shape index (κ2) is 11.0. The smallest absolute Gasteiger partial charge is 0.328 e. The fourth-order valence-electron chi connectivity index (χ4n) is 4.36. The zero-order chi connectivity index (χ0) is 31.2. The Balaban J connectivity index is 1.65. The summed E-state index contributed by atoms with van der Waals surface area (Å²) < 4.78 is 46.4. The van der Waals surface area contributed by atoms with Gasteiger partial charge in [0.2, 0.25) is 5.91 Å². The molecule has 5 rings (SSSR count). The molecule has 1 aliphatic rings. The van der Waals surface area contributed by atoms with Crippen LogP contribution < -0.4 is 10.1 Å². The molecule has 0 saturated heterocycles. The number of hydrogen-bond donors (Lipinski definition) is 1. The lowest BCUT2D eigenvalue weighted by Crippen LogP contribution is -2.42. The maximum Gasteiger partial charge on any atom is 0.328 e. The van der Waals surface area contributed by atoms with Crippen LogP contribution in [0.1, 0.15) is 62.3 Å². The Kier molecular flexibility index (Phi) is 7.80. The average Bonchev–Trinajstić information content (AvgIpc) is 3.32. The summed E-state index contributed by atoms with van der Waals surface area (Å²) >= 11 is 0. The van der Waals surface area contributed by atoms with Gasteiger partial charge in [0.05, 0.1) is 22.7 Å². The highest BCUT2D eigenvalue weighted by Crippen LogP contribution is 2.45. The quantitative estimate of drug-likeness (QED) is 0.212. The van der Waals surface area contributed by atoms with E-state index in [0.717, 1.165) is 12.8 Å². The summed E-state index contributed by atoms with van der Waals surface area (Å²) in [5.41, 5.74) is 0.862. The van der Waals surface area contributed by atoms with Gasteiger partial charge in [0.25, 0.3) is 18.3 Å². The van der Waals surface area contributed by atoms with Gasteiger partial charge in [0, 0.05) is 22.9 Å². The summed E-state index contributed by atoms with van der Waals surface area (Å²) in [5, 5.41) is 7.04. The highest BCUT2D eigenvalue weighted by Gasteiger charge is 2.45. The molecule has 0 spiro atoms. The molecule has 1 aliphatic carbocycles. The van der Waals surface area contributed by atoms with Crippen LogP contribution in [-0.2, 0) is 32.4 Å². The first-order valence-corrected chi connectivity index (χ1v) is 18.5. The Morgan fingerprint density at radius 2 is 1.79 bits per heavy atom. The first-order valence-electron chi connectivity index (χ1n) is 14.2. The van der Waals surface area contributed by atoms with Crippen LogP contribution >= 0.6 is 0 Å². The molecule has 43 heavy (non-hydrogen) atoms. The molecular formula is C31H37N3O7SSi. The fourth-order valence-corrected chi connectivity index (χ4v) is 6.79. The second-order valence-electron chi connectivity index (χ2n) is 12.8. The van der Waals surface area contributed by atoms with Crippen molar-refractivity contribution in [1.29, 1.82) is 0 Å². The third kappa shape index (κ3) is 6.12. The molecule has 0 aliphatic heterocycles. The van der Waals surface area contributed by atoms with E-state index in [0.29, 0.717) is 22.3 Å². The maximum absolute atomic E-state index is 14.1. The van der Waals surface area contributed by atoms with Crippen LogP contribution in [0.25, 0.3) is 10.9 Å². The molecule has 1 N–H and O–H groups in total. The van der Waals surface area contributed by atoms with Crippen molar-refractivity contribution in [1.82, 2.24) is 14.4 Å². The number of rotatable bonds is 10. The number of hydrogen-bond acceptors (Lipinski definition) is 8. The molecular weight excluding hydrogens is 587 g/mol. The van der Waals surface area contributed by atoms with Gasteiger partial charge in [-0.05, 0) is 55.2 Å². The molecule has 0 radical (unpaired) electrons. The highest BCUT2D eigenvalue weighted by atomic mass is 32.2. The molecule has 0 unspecified atom stereocenters. The van der Waals surface area contributed by atoms with E-state index in [1.54, 1.807) is 36.4 Å². The molecule has 2 aromatic carbocycles. The first kappa shape index (κ1) is 30.6. The van der Waals surface area contributed by atoms with Gasteiger partial charge in [-0.3, -0.25) is 4.79 Å². The second-order valence-corrected chi connectivity index (χ2v) is 19.3. The minimum Gasteiger partial charge on any atom is -0.516 e. The summed E-state index contributed by atoms with van der Waals surface area (Å²) in [6, 6.07) is 14.5. The van der Waals surface area contributed by atoms with Crippen LogP contribution in [0.5, 0.6) is 5.75 Å². The van der Waals surface area contributed by atoms with Gasteiger partial charge >= 0.3 is 5.97 Å². The minimum absolute atomic E-state index is 0.0178. The predicted octanol–water partition coefficient (Wildman–Crippen LogP) is 6.02. The Bertz CT molecular complexity index is 1770. The summed E-state index contributed by atoms with van der Waals surface area (Å²) in [5.74, 6) is -0.543. The number of fused-ring (bicyclic) bond motifs is 1. The van der Waals surface area contributed by atoms with Gasteiger partial charge in [0.15, 0.2) is 0 Å². The van der Waals surface area contributed by atoms with Crippen LogP contribution in [0.3, 0.4) is 0 Å². The van der Waals surface area contributed by atoms with E-state index in [1.807, 2.05) is 40.8 Å². The fraction of sp³-hybridized carbons (Fsp3) is 0.387. The normalized spacial score (nSPS) is 14.8. The monoisotopic (exact) mass is 623 g/mol. The van der Waals surface area contributed by atoms with Gasteiger partial charge < -0.3 is 19.0 Å². The van der Waals surface area contributed by atoms with E-state index in [4.69, 9.17) is 13.7 Å². The van der Waals surface area contributed by atoms with Crippen LogP contribution in [0.4, 0.5) is 0 Å². The third-order valence-corrected chi connectivity index (χ3v) is 14.5. The summed E-state index contributed by atoms with van der Waals surface area (Å²) in [7, 11) is -6.62. The lowest BCUT2D eigenvalue weighted by Gasteiger charge is -2.35. The van der Waals surface area contributed by atoms with Crippen LogP contribution in [-0.4, -0.2) is 37.7 Å². The number of benzene rings is 2.